The van der Waals surface area contributed by atoms with Crippen molar-refractivity contribution < 1.29 is 14.7 Å². The molecule has 1 aromatic rings. The van der Waals surface area contributed by atoms with Crippen LogP contribution in [0.25, 0.3) is 0 Å². The smallest absolute Gasteiger partial charge is 0.320 e. The van der Waals surface area contributed by atoms with Crippen LogP contribution in [0.4, 0.5) is 0 Å². The van der Waals surface area contributed by atoms with E-state index >= 15 is 0 Å². The van der Waals surface area contributed by atoms with E-state index in [1.165, 1.54) is 0 Å². The molecule has 1 aromatic carbocycles. The van der Waals surface area contributed by atoms with Gasteiger partial charge in [-0.05, 0) is 30.6 Å². The Morgan fingerprint density at radius 3 is 2.55 bits per heavy atom. The van der Waals surface area contributed by atoms with Crippen molar-refractivity contribution in [3.8, 4) is 0 Å². The third-order valence-electron chi connectivity index (χ3n) is 2.82. The van der Waals surface area contributed by atoms with Crippen molar-refractivity contribution in [2.75, 3.05) is 18.6 Å². The molecule has 4 nitrogen and oxygen atoms in total. The van der Waals surface area contributed by atoms with Gasteiger partial charge in [0.1, 0.15) is 6.04 Å². The molecule has 2 N–H and O–H groups in total. The molecule has 0 bridgehead atoms. The molecule has 0 heterocycles. The van der Waals surface area contributed by atoms with Crippen LogP contribution in [0.3, 0.4) is 0 Å². The normalized spacial score (nSPS) is 12.1. The van der Waals surface area contributed by atoms with Gasteiger partial charge in [-0.1, -0.05) is 28.1 Å². The second-order valence-corrected chi connectivity index (χ2v) is 6.21. The van der Waals surface area contributed by atoms with E-state index in [2.05, 4.69) is 21.2 Å². The number of nitrogens with one attached hydrogen (secondary N) is 1. The third-order valence-corrected chi connectivity index (χ3v) is 3.99. The Bertz CT molecular complexity index is 450. The summed E-state index contributed by atoms with van der Waals surface area (Å²) < 4.78 is 0.926. The molecule has 1 rings (SSSR count). The number of ketones is 1. The second-order valence-electron chi connectivity index (χ2n) is 4.31. The number of carboxylic acids is 1. The van der Waals surface area contributed by atoms with E-state index in [1.807, 2.05) is 18.4 Å². The topological polar surface area (TPSA) is 66.4 Å². The monoisotopic (exact) mass is 359 g/mol. The molecule has 6 heteroatoms. The highest BCUT2D eigenvalue weighted by Crippen LogP contribution is 2.11. The maximum atomic E-state index is 11.9. The minimum Gasteiger partial charge on any atom is -0.480 e. The number of thioether (sulfide) groups is 1. The maximum Gasteiger partial charge on any atom is 0.320 e. The molecule has 0 aromatic heterocycles. The lowest BCUT2D eigenvalue weighted by Crippen LogP contribution is -2.38. The average molecular weight is 360 g/mol. The van der Waals surface area contributed by atoms with Crippen molar-refractivity contribution in [1.82, 2.24) is 5.32 Å². The first kappa shape index (κ1) is 17.2. The Labute approximate surface area is 131 Å². The first-order chi connectivity index (χ1) is 9.54. The molecule has 110 valence electrons. The molecule has 0 saturated carbocycles. The highest BCUT2D eigenvalue weighted by Gasteiger charge is 2.16. The molecule has 0 fully saturated rings. The predicted octanol–water partition coefficient (Wildman–Crippen LogP) is 2.82. The van der Waals surface area contributed by atoms with Gasteiger partial charge in [-0.2, -0.15) is 11.8 Å². The number of halogens is 1. The van der Waals surface area contributed by atoms with Gasteiger partial charge in [0.2, 0.25) is 0 Å². The van der Waals surface area contributed by atoms with Crippen LogP contribution in [0.5, 0.6) is 0 Å². The highest BCUT2D eigenvalue weighted by atomic mass is 79.9. The molecule has 0 amide bonds. The first-order valence-corrected chi connectivity index (χ1v) is 8.47. The van der Waals surface area contributed by atoms with Gasteiger partial charge in [-0.25, -0.2) is 0 Å². The summed E-state index contributed by atoms with van der Waals surface area (Å²) in [5.74, 6) is -0.0703. The molecule has 20 heavy (non-hydrogen) atoms. The summed E-state index contributed by atoms with van der Waals surface area (Å²) in [5, 5.41) is 12.0. The maximum absolute atomic E-state index is 11.9. The predicted molar refractivity (Wildman–Crippen MR) is 85.5 cm³/mol. The lowest BCUT2D eigenvalue weighted by atomic mass is 10.1. The molecule has 0 aliphatic heterocycles. The zero-order valence-electron chi connectivity index (χ0n) is 11.3. The van der Waals surface area contributed by atoms with Gasteiger partial charge in [-0.3, -0.25) is 9.59 Å². The van der Waals surface area contributed by atoms with Crippen LogP contribution in [0.15, 0.2) is 28.7 Å². The van der Waals surface area contributed by atoms with Crippen LogP contribution < -0.4 is 5.32 Å². The fourth-order valence-corrected chi connectivity index (χ4v) is 2.42. The number of hydrogen-bond donors (Lipinski definition) is 2. The standard InChI is InChI=1S/C14H18BrNO3S/c1-20-9-7-12(14(18)19)16-8-6-13(17)10-2-4-11(15)5-3-10/h2-5,12,16H,6-9H2,1H3,(H,18,19)/t12-/m0/s1. The Morgan fingerprint density at radius 1 is 1.35 bits per heavy atom. The van der Waals surface area contributed by atoms with E-state index < -0.39 is 12.0 Å². The lowest BCUT2D eigenvalue weighted by molar-refractivity contribution is -0.139. The van der Waals surface area contributed by atoms with E-state index in [1.54, 1.807) is 23.9 Å². The van der Waals surface area contributed by atoms with Crippen molar-refractivity contribution >= 4 is 39.4 Å². The van der Waals surface area contributed by atoms with Crippen LogP contribution in [-0.2, 0) is 4.79 Å². The molecule has 0 radical (unpaired) electrons. The van der Waals surface area contributed by atoms with E-state index in [-0.39, 0.29) is 5.78 Å². The van der Waals surface area contributed by atoms with Crippen molar-refractivity contribution in [1.29, 1.82) is 0 Å². The summed E-state index contributed by atoms with van der Waals surface area (Å²) in [6.07, 6.45) is 2.80. The molecule has 0 unspecified atom stereocenters. The molecule has 0 spiro atoms. The number of benzene rings is 1. The average Bonchev–Trinajstić information content (AvgIpc) is 2.42. The highest BCUT2D eigenvalue weighted by molar-refractivity contribution is 9.10. The molecular formula is C14H18BrNO3S. The van der Waals surface area contributed by atoms with Gasteiger partial charge in [-0.15, -0.1) is 0 Å². The van der Waals surface area contributed by atoms with E-state index in [4.69, 9.17) is 5.11 Å². The number of rotatable bonds is 9. The van der Waals surface area contributed by atoms with E-state index in [9.17, 15) is 9.59 Å². The summed E-state index contributed by atoms with van der Waals surface area (Å²) in [7, 11) is 0. The summed E-state index contributed by atoms with van der Waals surface area (Å²) in [4.78, 5) is 22.9. The van der Waals surface area contributed by atoms with Crippen LogP contribution in [-0.4, -0.2) is 41.5 Å². The number of aliphatic carboxylic acids is 1. The van der Waals surface area contributed by atoms with Crippen molar-refractivity contribution in [2.45, 2.75) is 18.9 Å². The van der Waals surface area contributed by atoms with Crippen molar-refractivity contribution in [3.63, 3.8) is 0 Å². The van der Waals surface area contributed by atoms with E-state index in [0.717, 1.165) is 10.2 Å². The van der Waals surface area contributed by atoms with E-state index in [0.29, 0.717) is 24.9 Å². The summed E-state index contributed by atoms with van der Waals surface area (Å²) >= 11 is 4.93. The Morgan fingerprint density at radius 2 is 2.00 bits per heavy atom. The van der Waals surface area contributed by atoms with Gasteiger partial charge in [0.05, 0.1) is 0 Å². The minimum absolute atomic E-state index is 0.0130. The number of carbonyl (C=O) groups is 2. The van der Waals surface area contributed by atoms with Gasteiger partial charge >= 0.3 is 5.97 Å². The lowest BCUT2D eigenvalue weighted by Gasteiger charge is -2.13. The molecule has 0 saturated heterocycles. The van der Waals surface area contributed by atoms with Gasteiger partial charge in [0.15, 0.2) is 5.78 Å². The number of carboxylic acid groups (broad SMARTS) is 1. The first-order valence-electron chi connectivity index (χ1n) is 6.28. The number of Topliss-reactive ketones (excluding diaryl/α,β-unsaturated/α-hetero) is 1. The quantitative estimate of drug-likeness (QED) is 0.663. The van der Waals surface area contributed by atoms with Gasteiger partial charge < -0.3 is 10.4 Å². The molecule has 0 aliphatic carbocycles. The number of carbonyl (C=O) groups excluding carboxylic acids is 1. The van der Waals surface area contributed by atoms with Crippen molar-refractivity contribution in [3.05, 3.63) is 34.3 Å². The fourth-order valence-electron chi connectivity index (χ4n) is 1.69. The second kappa shape index (κ2) is 9.15. The third kappa shape index (κ3) is 6.07. The Kier molecular flexibility index (Phi) is 7.87. The molecular weight excluding hydrogens is 342 g/mol. The van der Waals surface area contributed by atoms with Crippen LogP contribution in [0, 0.1) is 0 Å². The molecule has 1 atom stereocenters. The van der Waals surface area contributed by atoms with Crippen LogP contribution in [0.1, 0.15) is 23.2 Å². The summed E-state index contributed by atoms with van der Waals surface area (Å²) in [5.41, 5.74) is 0.644. The largest absolute Gasteiger partial charge is 0.480 e. The SMILES string of the molecule is CSCC[C@H](NCCC(=O)c1ccc(Br)cc1)C(=O)O. The van der Waals surface area contributed by atoms with Gasteiger partial charge in [0.25, 0.3) is 0 Å². The van der Waals surface area contributed by atoms with Gasteiger partial charge in [0, 0.05) is 23.0 Å². The zero-order valence-corrected chi connectivity index (χ0v) is 13.7. The van der Waals surface area contributed by atoms with Crippen LogP contribution >= 0.6 is 27.7 Å². The summed E-state index contributed by atoms with van der Waals surface area (Å²) in [6, 6.07) is 6.57. The fraction of sp³-hybridized carbons (Fsp3) is 0.429. The number of hydrogen-bond acceptors (Lipinski definition) is 4. The van der Waals surface area contributed by atoms with Crippen LogP contribution in [0.2, 0.25) is 0 Å². The minimum atomic E-state index is -0.866. The zero-order chi connectivity index (χ0) is 15.0. The Balaban J connectivity index is 2.40. The summed E-state index contributed by atoms with van der Waals surface area (Å²) in [6.45, 7) is 0.375. The van der Waals surface area contributed by atoms with Crippen molar-refractivity contribution in [2.24, 2.45) is 0 Å². The molecule has 0 aliphatic rings. The Hall–Kier alpha value is -0.850.